The van der Waals surface area contributed by atoms with Crippen LogP contribution in [0.4, 0.5) is 5.69 Å². The number of amides is 1. The van der Waals surface area contributed by atoms with Crippen molar-refractivity contribution in [2.75, 3.05) is 18.4 Å². The van der Waals surface area contributed by atoms with Crippen LogP contribution in [-0.2, 0) is 4.79 Å². The van der Waals surface area contributed by atoms with E-state index in [4.69, 9.17) is 11.6 Å². The zero-order chi connectivity index (χ0) is 14.5. The Morgan fingerprint density at radius 3 is 3.00 bits per heavy atom. The zero-order valence-electron chi connectivity index (χ0n) is 12.3. The lowest BCUT2D eigenvalue weighted by atomic mass is 10.00. The maximum Gasteiger partial charge on any atom is 0.242 e. The smallest absolute Gasteiger partial charge is 0.242 e. The Morgan fingerprint density at radius 2 is 2.25 bits per heavy atom. The summed E-state index contributed by atoms with van der Waals surface area (Å²) in [6.07, 6.45) is 4.54. The Balaban J connectivity index is 1.95. The molecule has 0 radical (unpaired) electrons. The molecule has 4 heteroatoms. The number of nitrogens with zero attached hydrogens (tertiary/aromatic N) is 1. The van der Waals surface area contributed by atoms with Crippen molar-refractivity contribution in [3.8, 4) is 0 Å². The number of nitrogens with one attached hydrogen (secondary N) is 1. The second-order valence-electron chi connectivity index (χ2n) is 5.46. The van der Waals surface area contributed by atoms with E-state index in [9.17, 15) is 4.79 Å². The maximum atomic E-state index is 12.4. The van der Waals surface area contributed by atoms with Crippen molar-refractivity contribution < 1.29 is 4.79 Å². The summed E-state index contributed by atoms with van der Waals surface area (Å²) in [4.78, 5) is 14.4. The van der Waals surface area contributed by atoms with Gasteiger partial charge in [0.05, 0.1) is 6.54 Å². The highest BCUT2D eigenvalue weighted by Gasteiger charge is 2.24. The Labute approximate surface area is 126 Å². The van der Waals surface area contributed by atoms with Crippen LogP contribution in [0.5, 0.6) is 0 Å². The minimum absolute atomic E-state index is 0.191. The number of benzene rings is 1. The molecule has 0 bridgehead atoms. The van der Waals surface area contributed by atoms with Crippen molar-refractivity contribution in [1.29, 1.82) is 0 Å². The van der Waals surface area contributed by atoms with Crippen molar-refractivity contribution in [2.45, 2.75) is 45.6 Å². The van der Waals surface area contributed by atoms with Gasteiger partial charge in [0.1, 0.15) is 0 Å². The first-order valence-corrected chi connectivity index (χ1v) is 7.79. The summed E-state index contributed by atoms with van der Waals surface area (Å²) in [6, 6.07) is 6.11. The third-order valence-electron chi connectivity index (χ3n) is 4.05. The van der Waals surface area contributed by atoms with Crippen molar-refractivity contribution in [3.05, 3.63) is 28.8 Å². The van der Waals surface area contributed by atoms with Crippen molar-refractivity contribution in [3.63, 3.8) is 0 Å². The number of carbonyl (C=O) groups excluding carboxylic acids is 1. The molecule has 1 heterocycles. The van der Waals surface area contributed by atoms with Crippen LogP contribution < -0.4 is 5.32 Å². The number of carbonyl (C=O) groups is 1. The minimum atomic E-state index is 0.191. The van der Waals surface area contributed by atoms with Gasteiger partial charge >= 0.3 is 0 Å². The average molecular weight is 295 g/mol. The lowest BCUT2D eigenvalue weighted by molar-refractivity contribution is -0.133. The second kappa shape index (κ2) is 6.98. The number of anilines is 1. The predicted octanol–water partition coefficient (Wildman–Crippen LogP) is 3.85. The molecule has 1 aromatic rings. The van der Waals surface area contributed by atoms with Crippen molar-refractivity contribution in [2.24, 2.45) is 0 Å². The highest BCUT2D eigenvalue weighted by atomic mass is 35.5. The van der Waals surface area contributed by atoms with Gasteiger partial charge in [-0.2, -0.15) is 0 Å². The molecule has 3 nitrogen and oxygen atoms in total. The fraction of sp³-hybridized carbons (Fsp3) is 0.562. The van der Waals surface area contributed by atoms with Crippen molar-refractivity contribution in [1.82, 2.24) is 4.90 Å². The molecule has 0 spiro atoms. The van der Waals surface area contributed by atoms with Crippen LogP contribution in [0, 0.1) is 6.92 Å². The number of hydrogen-bond acceptors (Lipinski definition) is 2. The largest absolute Gasteiger partial charge is 0.376 e. The monoisotopic (exact) mass is 294 g/mol. The fourth-order valence-electron chi connectivity index (χ4n) is 2.81. The molecule has 1 amide bonds. The number of halogens is 1. The van der Waals surface area contributed by atoms with Crippen LogP contribution in [0.25, 0.3) is 0 Å². The molecule has 2 rings (SSSR count). The van der Waals surface area contributed by atoms with Gasteiger partial charge in [-0.3, -0.25) is 4.79 Å². The molecule has 20 heavy (non-hydrogen) atoms. The van der Waals surface area contributed by atoms with E-state index in [1.165, 1.54) is 6.42 Å². The van der Waals surface area contributed by atoms with E-state index in [1.54, 1.807) is 0 Å². The molecule has 110 valence electrons. The standard InChI is InChI=1S/C16H23ClN2O/c1-3-14-6-4-5-9-19(14)16(20)11-18-15-10-13(17)8-7-12(15)2/h7-8,10,14,18H,3-6,9,11H2,1-2H3. The first-order valence-electron chi connectivity index (χ1n) is 7.41. The van der Waals surface area contributed by atoms with E-state index in [2.05, 4.69) is 12.2 Å². The topological polar surface area (TPSA) is 32.3 Å². The summed E-state index contributed by atoms with van der Waals surface area (Å²) in [5.74, 6) is 0.191. The molecule has 0 aliphatic carbocycles. The van der Waals surface area contributed by atoms with Gasteiger partial charge in [-0.15, -0.1) is 0 Å². The SMILES string of the molecule is CCC1CCCCN1C(=O)CNc1cc(Cl)ccc1C. The van der Waals surface area contributed by atoms with Gasteiger partial charge in [-0.1, -0.05) is 24.6 Å². The fourth-order valence-corrected chi connectivity index (χ4v) is 2.98. The van der Waals surface area contributed by atoms with E-state index in [1.807, 2.05) is 30.0 Å². The second-order valence-corrected chi connectivity index (χ2v) is 5.89. The Hall–Kier alpha value is -1.22. The van der Waals surface area contributed by atoms with Gasteiger partial charge in [-0.05, 0) is 50.3 Å². The van der Waals surface area contributed by atoms with E-state index in [0.717, 1.165) is 37.1 Å². The molecular weight excluding hydrogens is 272 g/mol. The van der Waals surface area contributed by atoms with Crippen LogP contribution >= 0.6 is 11.6 Å². The summed E-state index contributed by atoms with van der Waals surface area (Å²) in [5.41, 5.74) is 2.05. The lowest BCUT2D eigenvalue weighted by Crippen LogP contribution is -2.45. The summed E-state index contributed by atoms with van der Waals surface area (Å²) < 4.78 is 0. The summed E-state index contributed by atoms with van der Waals surface area (Å²) in [7, 11) is 0. The van der Waals surface area contributed by atoms with Crippen LogP contribution in [0.2, 0.25) is 5.02 Å². The molecular formula is C16H23ClN2O. The number of likely N-dealkylation sites (tertiary alicyclic amines) is 1. The first kappa shape index (κ1) is 15.2. The Kier molecular flexibility index (Phi) is 5.30. The zero-order valence-corrected chi connectivity index (χ0v) is 13.0. The van der Waals surface area contributed by atoms with Crippen LogP contribution in [0.1, 0.15) is 38.2 Å². The molecule has 1 fully saturated rings. The first-order chi connectivity index (χ1) is 9.61. The van der Waals surface area contributed by atoms with E-state index in [-0.39, 0.29) is 5.91 Å². The highest BCUT2D eigenvalue weighted by molar-refractivity contribution is 6.30. The third kappa shape index (κ3) is 3.66. The Morgan fingerprint density at radius 1 is 1.45 bits per heavy atom. The molecule has 1 aromatic carbocycles. The number of aryl methyl sites for hydroxylation is 1. The van der Waals surface area contributed by atoms with Gasteiger partial charge < -0.3 is 10.2 Å². The Bertz CT molecular complexity index is 476. The summed E-state index contributed by atoms with van der Waals surface area (Å²) in [5, 5.41) is 3.91. The molecule has 0 saturated carbocycles. The molecule has 1 atom stereocenters. The predicted molar refractivity (Wildman–Crippen MR) is 84.3 cm³/mol. The summed E-state index contributed by atoms with van der Waals surface area (Å²) in [6.45, 7) is 5.41. The molecule has 1 aliphatic heterocycles. The number of piperidine rings is 1. The highest BCUT2D eigenvalue weighted by Crippen LogP contribution is 2.22. The van der Waals surface area contributed by atoms with Gasteiger partial charge in [0.15, 0.2) is 0 Å². The van der Waals surface area contributed by atoms with Gasteiger partial charge in [0.2, 0.25) is 5.91 Å². The average Bonchev–Trinajstić information content (AvgIpc) is 2.47. The van der Waals surface area contributed by atoms with Gasteiger partial charge in [0.25, 0.3) is 0 Å². The van der Waals surface area contributed by atoms with Crippen LogP contribution in [0.3, 0.4) is 0 Å². The van der Waals surface area contributed by atoms with Crippen LogP contribution in [-0.4, -0.2) is 29.9 Å². The van der Waals surface area contributed by atoms with E-state index >= 15 is 0 Å². The quantitative estimate of drug-likeness (QED) is 0.915. The van der Waals surface area contributed by atoms with Crippen LogP contribution in [0.15, 0.2) is 18.2 Å². The minimum Gasteiger partial charge on any atom is -0.376 e. The van der Waals surface area contributed by atoms with E-state index < -0.39 is 0 Å². The lowest BCUT2D eigenvalue weighted by Gasteiger charge is -2.35. The number of hydrogen-bond donors (Lipinski definition) is 1. The number of rotatable bonds is 4. The molecule has 1 saturated heterocycles. The molecule has 0 aromatic heterocycles. The molecule has 1 unspecified atom stereocenters. The summed E-state index contributed by atoms with van der Waals surface area (Å²) >= 11 is 5.99. The van der Waals surface area contributed by atoms with Gasteiger partial charge in [0, 0.05) is 23.3 Å². The third-order valence-corrected chi connectivity index (χ3v) is 4.28. The normalized spacial score (nSPS) is 18.9. The van der Waals surface area contributed by atoms with Gasteiger partial charge in [-0.25, -0.2) is 0 Å². The van der Waals surface area contributed by atoms with E-state index in [0.29, 0.717) is 17.6 Å². The molecule has 1 aliphatic rings. The molecule has 1 N–H and O–H groups in total. The maximum absolute atomic E-state index is 12.4. The van der Waals surface area contributed by atoms with Crippen molar-refractivity contribution >= 4 is 23.2 Å².